The first-order valence-electron chi connectivity index (χ1n) is 2.87. The predicted molar refractivity (Wildman–Crippen MR) is 37.7 cm³/mol. The molecule has 0 rings (SSSR count). The van der Waals surface area contributed by atoms with E-state index >= 15 is 0 Å². The molecule has 0 spiro atoms. The van der Waals surface area contributed by atoms with Gasteiger partial charge in [-0.2, -0.15) is 5.26 Å². The van der Waals surface area contributed by atoms with Gasteiger partial charge in [0.2, 0.25) is 0 Å². The summed E-state index contributed by atoms with van der Waals surface area (Å²) >= 11 is 0. The lowest BCUT2D eigenvalue weighted by atomic mass is 10.3. The lowest BCUT2D eigenvalue weighted by molar-refractivity contribution is -0.228. The number of allylic oxidation sites excluding steroid dienone is 3. The smallest absolute Gasteiger partial charge is 0.296 e. The van der Waals surface area contributed by atoms with E-state index in [4.69, 9.17) is 5.26 Å². The highest BCUT2D eigenvalue weighted by atomic mass is 17.1. The van der Waals surface area contributed by atoms with Gasteiger partial charge < -0.3 is 0 Å². The van der Waals surface area contributed by atoms with Crippen molar-refractivity contribution < 1.29 is 19.7 Å². The van der Waals surface area contributed by atoms with Gasteiger partial charge in [-0.1, -0.05) is 12.2 Å². The van der Waals surface area contributed by atoms with Gasteiger partial charge in [0.25, 0.3) is 0 Å². The standard InChI is InChI=1S/C7H8O4/c1-6(8)4-2-3-5-7(9)11-10/h2-5,10H,1H3. The molecule has 0 atom stereocenters. The average Bonchev–Trinajstić information content (AvgIpc) is 1.97. The molecule has 0 saturated heterocycles. The minimum absolute atomic E-state index is 0.119. The Hall–Kier alpha value is -1.42. The fourth-order valence-electron chi connectivity index (χ4n) is 0.356. The van der Waals surface area contributed by atoms with E-state index in [1.165, 1.54) is 25.2 Å². The maximum Gasteiger partial charge on any atom is 0.365 e. The van der Waals surface area contributed by atoms with Crippen LogP contribution in [0.4, 0.5) is 0 Å². The molecule has 0 aliphatic carbocycles. The van der Waals surface area contributed by atoms with Crippen LogP contribution in [0.1, 0.15) is 6.92 Å². The van der Waals surface area contributed by atoms with Gasteiger partial charge in [-0.3, -0.25) is 9.68 Å². The monoisotopic (exact) mass is 156 g/mol. The van der Waals surface area contributed by atoms with Gasteiger partial charge in [0.05, 0.1) is 0 Å². The minimum atomic E-state index is -0.877. The van der Waals surface area contributed by atoms with Crippen molar-refractivity contribution in [1.29, 1.82) is 0 Å². The van der Waals surface area contributed by atoms with Crippen molar-refractivity contribution >= 4 is 11.8 Å². The van der Waals surface area contributed by atoms with E-state index in [0.717, 1.165) is 6.08 Å². The first-order valence-corrected chi connectivity index (χ1v) is 2.87. The number of hydrogen-bond acceptors (Lipinski definition) is 4. The normalized spacial score (nSPS) is 10.7. The summed E-state index contributed by atoms with van der Waals surface area (Å²) < 4.78 is 0. The Morgan fingerprint density at radius 1 is 1.27 bits per heavy atom. The van der Waals surface area contributed by atoms with E-state index in [9.17, 15) is 9.59 Å². The topological polar surface area (TPSA) is 63.6 Å². The van der Waals surface area contributed by atoms with Crippen LogP contribution in [0.25, 0.3) is 0 Å². The zero-order chi connectivity index (χ0) is 8.69. The average molecular weight is 156 g/mol. The molecule has 4 nitrogen and oxygen atoms in total. The quantitative estimate of drug-likeness (QED) is 0.283. The fraction of sp³-hybridized carbons (Fsp3) is 0.143. The van der Waals surface area contributed by atoms with Gasteiger partial charge in [-0.15, -0.1) is 0 Å². The third-order valence-corrected chi connectivity index (χ3v) is 0.764. The van der Waals surface area contributed by atoms with Crippen molar-refractivity contribution in [2.45, 2.75) is 6.92 Å². The first kappa shape index (κ1) is 9.58. The fourth-order valence-corrected chi connectivity index (χ4v) is 0.356. The highest BCUT2D eigenvalue weighted by Crippen LogP contribution is 1.81. The molecule has 4 heteroatoms. The van der Waals surface area contributed by atoms with Crippen LogP contribution in [0, 0.1) is 0 Å². The van der Waals surface area contributed by atoms with Crippen molar-refractivity contribution in [3.05, 3.63) is 24.3 Å². The third-order valence-electron chi connectivity index (χ3n) is 0.764. The maximum atomic E-state index is 10.3. The highest BCUT2D eigenvalue weighted by Gasteiger charge is 1.89. The van der Waals surface area contributed by atoms with Crippen LogP contribution in [0.5, 0.6) is 0 Å². The Balaban J connectivity index is 3.77. The van der Waals surface area contributed by atoms with E-state index in [0.29, 0.717) is 0 Å². The molecule has 0 aromatic carbocycles. The van der Waals surface area contributed by atoms with E-state index in [2.05, 4.69) is 4.89 Å². The Labute approximate surface area is 63.7 Å². The largest absolute Gasteiger partial charge is 0.365 e. The predicted octanol–water partition coefficient (Wildman–Crippen LogP) is 0.704. The highest BCUT2D eigenvalue weighted by molar-refractivity contribution is 5.88. The molecule has 0 amide bonds. The molecule has 0 aliphatic rings. The van der Waals surface area contributed by atoms with Crippen LogP contribution in [-0.2, 0) is 14.5 Å². The summed E-state index contributed by atoms with van der Waals surface area (Å²) in [5.41, 5.74) is 0. The van der Waals surface area contributed by atoms with Gasteiger partial charge in [0, 0.05) is 6.08 Å². The maximum absolute atomic E-state index is 10.3. The van der Waals surface area contributed by atoms with Crippen molar-refractivity contribution in [2.24, 2.45) is 0 Å². The Kier molecular flexibility index (Phi) is 4.68. The van der Waals surface area contributed by atoms with Gasteiger partial charge in [0.15, 0.2) is 5.78 Å². The van der Waals surface area contributed by atoms with E-state index in [-0.39, 0.29) is 5.78 Å². The summed E-state index contributed by atoms with van der Waals surface area (Å²) in [4.78, 5) is 23.8. The van der Waals surface area contributed by atoms with Crippen LogP contribution >= 0.6 is 0 Å². The molecular weight excluding hydrogens is 148 g/mol. The van der Waals surface area contributed by atoms with Crippen LogP contribution in [0.3, 0.4) is 0 Å². The minimum Gasteiger partial charge on any atom is -0.296 e. The van der Waals surface area contributed by atoms with Gasteiger partial charge in [0.1, 0.15) is 0 Å². The second-order valence-corrected chi connectivity index (χ2v) is 1.74. The third kappa shape index (κ3) is 6.47. The zero-order valence-electron chi connectivity index (χ0n) is 5.98. The van der Waals surface area contributed by atoms with Crippen molar-refractivity contribution in [1.82, 2.24) is 0 Å². The van der Waals surface area contributed by atoms with E-state index in [1.54, 1.807) is 0 Å². The summed E-state index contributed by atoms with van der Waals surface area (Å²) in [6, 6.07) is 0. The number of ketones is 1. The lowest BCUT2D eigenvalue weighted by Crippen LogP contribution is -1.93. The molecule has 0 fully saturated rings. The summed E-state index contributed by atoms with van der Waals surface area (Å²) in [5.74, 6) is -0.995. The molecule has 0 saturated carbocycles. The second-order valence-electron chi connectivity index (χ2n) is 1.74. The number of carbonyl (C=O) groups is 2. The second kappa shape index (κ2) is 5.37. The molecular formula is C7H8O4. The molecule has 60 valence electrons. The lowest BCUT2D eigenvalue weighted by Gasteiger charge is -1.82. The van der Waals surface area contributed by atoms with Crippen LogP contribution < -0.4 is 0 Å². The van der Waals surface area contributed by atoms with Gasteiger partial charge in [-0.05, 0) is 13.0 Å². The molecule has 0 radical (unpaired) electrons. The summed E-state index contributed by atoms with van der Waals surface area (Å²) in [6.07, 6.45) is 4.93. The van der Waals surface area contributed by atoms with Crippen LogP contribution in [-0.4, -0.2) is 17.0 Å². The van der Waals surface area contributed by atoms with E-state index < -0.39 is 5.97 Å². The molecule has 0 aromatic heterocycles. The number of hydrogen-bond donors (Lipinski definition) is 1. The van der Waals surface area contributed by atoms with Crippen LogP contribution in [0.2, 0.25) is 0 Å². The Morgan fingerprint density at radius 3 is 2.27 bits per heavy atom. The van der Waals surface area contributed by atoms with Crippen LogP contribution in [0.15, 0.2) is 24.3 Å². The molecule has 0 heterocycles. The van der Waals surface area contributed by atoms with Gasteiger partial charge in [-0.25, -0.2) is 4.79 Å². The number of rotatable bonds is 3. The molecule has 0 aromatic rings. The molecule has 0 unspecified atom stereocenters. The van der Waals surface area contributed by atoms with Crippen molar-refractivity contribution in [3.63, 3.8) is 0 Å². The summed E-state index contributed by atoms with van der Waals surface area (Å²) in [7, 11) is 0. The molecule has 1 N–H and O–H groups in total. The molecule has 0 bridgehead atoms. The van der Waals surface area contributed by atoms with Gasteiger partial charge >= 0.3 is 5.97 Å². The molecule has 11 heavy (non-hydrogen) atoms. The Morgan fingerprint density at radius 2 is 1.82 bits per heavy atom. The van der Waals surface area contributed by atoms with Crippen molar-refractivity contribution in [3.8, 4) is 0 Å². The first-order chi connectivity index (χ1) is 5.16. The Bertz CT molecular complexity index is 202. The summed E-state index contributed by atoms with van der Waals surface area (Å²) in [5, 5.41) is 7.75. The SMILES string of the molecule is CC(=O)C=CC=CC(=O)OO. The molecule has 0 aliphatic heterocycles. The van der Waals surface area contributed by atoms with E-state index in [1.807, 2.05) is 0 Å². The van der Waals surface area contributed by atoms with Crippen molar-refractivity contribution in [2.75, 3.05) is 0 Å². The zero-order valence-corrected chi connectivity index (χ0v) is 5.98. The summed E-state index contributed by atoms with van der Waals surface area (Å²) in [6.45, 7) is 1.38. The number of carbonyl (C=O) groups excluding carboxylic acids is 2.